The second-order valence-electron chi connectivity index (χ2n) is 9.99. The molecule has 0 atom stereocenters. The van der Waals surface area contributed by atoms with Crippen LogP contribution in [0.1, 0.15) is 54.9 Å². The lowest BCUT2D eigenvalue weighted by Crippen LogP contribution is -2.41. The van der Waals surface area contributed by atoms with Gasteiger partial charge in [0, 0.05) is 31.9 Å². The highest BCUT2D eigenvalue weighted by Crippen LogP contribution is 2.36. The van der Waals surface area contributed by atoms with E-state index in [0.29, 0.717) is 13.1 Å². The number of anilines is 1. The summed E-state index contributed by atoms with van der Waals surface area (Å²) in [7, 11) is -0.370. The number of hydrogen-bond acceptors (Lipinski definition) is 5. The Labute approximate surface area is 175 Å². The molecule has 1 amide bonds. The molecular weight excluding hydrogens is 367 g/mol. The fraction of sp³-hybridized carbons (Fsp3) is 0.682. The molecule has 2 saturated heterocycles. The third-order valence-corrected chi connectivity index (χ3v) is 5.91. The van der Waals surface area contributed by atoms with Crippen LogP contribution < -0.4 is 10.4 Å². The van der Waals surface area contributed by atoms with Crippen LogP contribution in [0.25, 0.3) is 0 Å². The van der Waals surface area contributed by atoms with Crippen LogP contribution in [0.4, 0.5) is 10.5 Å². The molecule has 0 N–H and O–H groups in total. The van der Waals surface area contributed by atoms with Crippen LogP contribution in [-0.2, 0) is 14.0 Å². The van der Waals surface area contributed by atoms with Gasteiger partial charge in [-0.05, 0) is 72.5 Å². The third kappa shape index (κ3) is 5.07. The molecule has 160 valence electrons. The summed E-state index contributed by atoms with van der Waals surface area (Å²) in [6.07, 6.45) is 0.672. The summed E-state index contributed by atoms with van der Waals surface area (Å²) in [5.41, 5.74) is 0.965. The molecule has 6 nitrogen and oxygen atoms in total. The highest BCUT2D eigenvalue weighted by Gasteiger charge is 2.51. The van der Waals surface area contributed by atoms with Crippen molar-refractivity contribution in [2.24, 2.45) is 0 Å². The number of carbonyl (C=O) groups excluding carboxylic acids is 1. The maximum atomic E-state index is 12.4. The number of rotatable bonds is 2. The molecule has 0 saturated carbocycles. The van der Waals surface area contributed by atoms with Crippen molar-refractivity contribution in [1.82, 2.24) is 4.90 Å². The Hall–Kier alpha value is -1.73. The molecule has 2 heterocycles. The monoisotopic (exact) mass is 402 g/mol. The summed E-state index contributed by atoms with van der Waals surface area (Å²) in [5, 5.41) is 0. The summed E-state index contributed by atoms with van der Waals surface area (Å²) in [5.74, 6) is 0. The Morgan fingerprint density at radius 2 is 1.69 bits per heavy atom. The van der Waals surface area contributed by atoms with Gasteiger partial charge in [-0.1, -0.05) is 12.1 Å². The first kappa shape index (κ1) is 22.0. The lowest BCUT2D eigenvalue weighted by molar-refractivity contribution is 0.00578. The van der Waals surface area contributed by atoms with Crippen LogP contribution in [0.2, 0.25) is 0 Å². The van der Waals surface area contributed by atoms with Gasteiger partial charge in [0.25, 0.3) is 0 Å². The molecule has 29 heavy (non-hydrogen) atoms. The van der Waals surface area contributed by atoms with Crippen molar-refractivity contribution in [1.29, 1.82) is 0 Å². The summed E-state index contributed by atoms with van der Waals surface area (Å²) >= 11 is 0. The van der Waals surface area contributed by atoms with Crippen LogP contribution in [0.15, 0.2) is 24.3 Å². The molecule has 2 fully saturated rings. The van der Waals surface area contributed by atoms with Gasteiger partial charge in [0.15, 0.2) is 0 Å². The minimum atomic E-state index is -0.472. The molecule has 1 aromatic carbocycles. The van der Waals surface area contributed by atoms with Gasteiger partial charge in [-0.2, -0.15) is 0 Å². The van der Waals surface area contributed by atoms with E-state index >= 15 is 0 Å². The van der Waals surface area contributed by atoms with Gasteiger partial charge < -0.3 is 23.8 Å². The van der Waals surface area contributed by atoms with Gasteiger partial charge in [-0.15, -0.1) is 0 Å². The standard InChI is InChI=1S/C22H35BN2O4/c1-20(2,3)27-19(26)25-13-9-12-24(14-15-25)18-11-8-10-17(16-18)23-28-21(4,5)22(6,7)29-23/h8,10-11,16H,9,12-15H2,1-7H3. The number of benzene rings is 1. The average Bonchev–Trinajstić information content (AvgIpc) is 2.78. The highest BCUT2D eigenvalue weighted by atomic mass is 16.7. The fourth-order valence-corrected chi connectivity index (χ4v) is 3.53. The van der Waals surface area contributed by atoms with Crippen molar-refractivity contribution < 1.29 is 18.8 Å². The van der Waals surface area contributed by atoms with Gasteiger partial charge in [-0.3, -0.25) is 0 Å². The van der Waals surface area contributed by atoms with E-state index in [4.69, 9.17) is 14.0 Å². The maximum Gasteiger partial charge on any atom is 0.494 e. The van der Waals surface area contributed by atoms with Crippen molar-refractivity contribution in [2.45, 2.75) is 71.7 Å². The number of nitrogens with zero attached hydrogens (tertiary/aromatic N) is 2. The molecule has 0 spiro atoms. The van der Waals surface area contributed by atoms with E-state index in [9.17, 15) is 4.79 Å². The average molecular weight is 402 g/mol. The van der Waals surface area contributed by atoms with E-state index in [1.165, 1.54) is 0 Å². The fourth-order valence-electron chi connectivity index (χ4n) is 3.53. The molecule has 0 bridgehead atoms. The van der Waals surface area contributed by atoms with Crippen molar-refractivity contribution in [2.75, 3.05) is 31.1 Å². The van der Waals surface area contributed by atoms with Crippen LogP contribution in [-0.4, -0.2) is 61.1 Å². The predicted molar refractivity (Wildman–Crippen MR) is 117 cm³/mol. The largest absolute Gasteiger partial charge is 0.494 e. The van der Waals surface area contributed by atoms with Crippen LogP contribution in [0, 0.1) is 0 Å². The molecule has 0 unspecified atom stereocenters. The highest BCUT2D eigenvalue weighted by molar-refractivity contribution is 6.62. The van der Waals surface area contributed by atoms with Gasteiger partial charge >= 0.3 is 13.2 Å². The second-order valence-corrected chi connectivity index (χ2v) is 9.99. The number of hydrogen-bond donors (Lipinski definition) is 0. The minimum absolute atomic E-state index is 0.231. The van der Waals surface area contributed by atoms with Crippen LogP contribution in [0.5, 0.6) is 0 Å². The molecule has 2 aliphatic rings. The second kappa shape index (κ2) is 7.84. The molecular formula is C22H35BN2O4. The summed E-state index contributed by atoms with van der Waals surface area (Å²) in [4.78, 5) is 16.5. The van der Waals surface area contributed by atoms with Gasteiger partial charge in [0.05, 0.1) is 11.2 Å². The molecule has 0 aliphatic carbocycles. The third-order valence-electron chi connectivity index (χ3n) is 5.91. The molecule has 7 heteroatoms. The van der Waals surface area contributed by atoms with Crippen molar-refractivity contribution in [3.05, 3.63) is 24.3 Å². The smallest absolute Gasteiger partial charge is 0.444 e. The number of carbonyl (C=O) groups is 1. The van der Waals surface area contributed by atoms with E-state index < -0.39 is 5.60 Å². The Bertz CT molecular complexity index is 729. The maximum absolute atomic E-state index is 12.4. The SMILES string of the molecule is CC(C)(C)OC(=O)N1CCCN(c2cccc(B3OC(C)(C)C(C)(C)O3)c2)CC1. The number of amides is 1. The zero-order valence-electron chi connectivity index (χ0n) is 18.9. The Kier molecular flexibility index (Phi) is 5.94. The predicted octanol–water partition coefficient (Wildman–Crippen LogP) is 3.43. The molecule has 0 radical (unpaired) electrons. The first-order chi connectivity index (χ1) is 13.4. The number of ether oxygens (including phenoxy) is 1. The van der Waals surface area contributed by atoms with Gasteiger partial charge in [0.1, 0.15) is 5.60 Å². The van der Waals surface area contributed by atoms with E-state index in [1.54, 1.807) is 0 Å². The Balaban J connectivity index is 1.68. The van der Waals surface area contributed by atoms with E-state index in [-0.39, 0.29) is 24.4 Å². The normalized spacial score (nSPS) is 21.8. The summed E-state index contributed by atoms with van der Waals surface area (Å²) < 4.78 is 17.9. The first-order valence-electron chi connectivity index (χ1n) is 10.6. The molecule has 3 rings (SSSR count). The van der Waals surface area contributed by atoms with Crippen molar-refractivity contribution in [3.8, 4) is 0 Å². The zero-order chi connectivity index (χ0) is 21.4. The first-order valence-corrected chi connectivity index (χ1v) is 10.6. The Morgan fingerprint density at radius 3 is 2.31 bits per heavy atom. The molecule has 0 aromatic heterocycles. The summed E-state index contributed by atoms with van der Waals surface area (Å²) in [6.45, 7) is 17.0. The zero-order valence-corrected chi connectivity index (χ0v) is 18.9. The van der Waals surface area contributed by atoms with E-state index in [2.05, 4.69) is 50.8 Å². The van der Waals surface area contributed by atoms with Crippen LogP contribution >= 0.6 is 0 Å². The Morgan fingerprint density at radius 1 is 1.03 bits per heavy atom. The lowest BCUT2D eigenvalue weighted by Gasteiger charge is -2.32. The van der Waals surface area contributed by atoms with Crippen LogP contribution in [0.3, 0.4) is 0 Å². The van der Waals surface area contributed by atoms with Crippen molar-refractivity contribution in [3.63, 3.8) is 0 Å². The lowest BCUT2D eigenvalue weighted by atomic mass is 9.79. The quantitative estimate of drug-likeness (QED) is 0.710. The molecule has 2 aliphatic heterocycles. The minimum Gasteiger partial charge on any atom is -0.444 e. The van der Waals surface area contributed by atoms with Crippen molar-refractivity contribution >= 4 is 24.4 Å². The topological polar surface area (TPSA) is 51.2 Å². The molecule has 1 aromatic rings. The van der Waals surface area contributed by atoms with E-state index in [1.807, 2.05) is 31.7 Å². The van der Waals surface area contributed by atoms with E-state index in [0.717, 1.165) is 30.7 Å². The van der Waals surface area contributed by atoms with Gasteiger partial charge in [0.2, 0.25) is 0 Å². The summed E-state index contributed by atoms with van der Waals surface area (Å²) in [6, 6.07) is 8.35. The van der Waals surface area contributed by atoms with Gasteiger partial charge in [-0.25, -0.2) is 4.79 Å².